The average molecular weight is 255 g/mol. The number of benzene rings is 1. The van der Waals surface area contributed by atoms with E-state index in [9.17, 15) is 13.6 Å². The zero-order valence-corrected chi connectivity index (χ0v) is 9.90. The van der Waals surface area contributed by atoms with Gasteiger partial charge in [-0.05, 0) is 25.5 Å². The van der Waals surface area contributed by atoms with Crippen molar-refractivity contribution >= 4 is 5.97 Å². The zero-order valence-electron chi connectivity index (χ0n) is 9.90. The molecule has 1 N–H and O–H groups in total. The molecule has 2 rings (SSSR count). The lowest BCUT2D eigenvalue weighted by Crippen LogP contribution is -2.38. The normalized spacial score (nSPS) is 20.9. The van der Waals surface area contributed by atoms with Crippen molar-refractivity contribution < 1.29 is 18.7 Å². The van der Waals surface area contributed by atoms with E-state index in [1.165, 1.54) is 12.1 Å². The number of hydrogen-bond acceptors (Lipinski definition) is 2. The third-order valence-electron chi connectivity index (χ3n) is 3.28. The number of carboxylic acids is 1. The van der Waals surface area contributed by atoms with Gasteiger partial charge in [-0.25, -0.2) is 8.78 Å². The van der Waals surface area contributed by atoms with Crippen molar-refractivity contribution in [1.82, 2.24) is 4.90 Å². The highest BCUT2D eigenvalue weighted by Crippen LogP contribution is 2.20. The molecule has 1 saturated heterocycles. The Kier molecular flexibility index (Phi) is 3.91. The highest BCUT2D eigenvalue weighted by Gasteiger charge is 2.25. The van der Waals surface area contributed by atoms with E-state index < -0.39 is 23.5 Å². The molecule has 3 nitrogen and oxygen atoms in total. The number of carbonyl (C=O) groups is 1. The average Bonchev–Trinajstić information content (AvgIpc) is 2.35. The molecule has 0 amide bonds. The van der Waals surface area contributed by atoms with Gasteiger partial charge in [0.15, 0.2) is 11.6 Å². The summed E-state index contributed by atoms with van der Waals surface area (Å²) < 4.78 is 26.5. The molecule has 0 radical (unpaired) electrons. The molecule has 0 saturated carbocycles. The fraction of sp³-hybridized carbons (Fsp3) is 0.462. The van der Waals surface area contributed by atoms with Gasteiger partial charge in [0.2, 0.25) is 0 Å². The Hall–Kier alpha value is -1.49. The third-order valence-corrected chi connectivity index (χ3v) is 3.28. The quantitative estimate of drug-likeness (QED) is 0.900. The van der Waals surface area contributed by atoms with Gasteiger partial charge in [-0.1, -0.05) is 12.1 Å². The van der Waals surface area contributed by atoms with E-state index in [2.05, 4.69) is 0 Å². The zero-order chi connectivity index (χ0) is 13.1. The number of aliphatic carboxylic acids is 1. The molecular formula is C13H15F2NO2. The van der Waals surface area contributed by atoms with Crippen molar-refractivity contribution in [3.63, 3.8) is 0 Å². The second-order valence-electron chi connectivity index (χ2n) is 4.63. The van der Waals surface area contributed by atoms with Crippen molar-refractivity contribution in [2.45, 2.75) is 19.4 Å². The van der Waals surface area contributed by atoms with E-state index in [-0.39, 0.29) is 12.1 Å². The monoisotopic (exact) mass is 255 g/mol. The summed E-state index contributed by atoms with van der Waals surface area (Å²) in [6.45, 7) is 1.37. The largest absolute Gasteiger partial charge is 0.481 e. The molecule has 1 aliphatic heterocycles. The number of likely N-dealkylation sites (tertiary alicyclic amines) is 1. The molecule has 1 aliphatic rings. The van der Waals surface area contributed by atoms with E-state index in [0.29, 0.717) is 13.0 Å². The second kappa shape index (κ2) is 5.44. The molecule has 0 aromatic heterocycles. The lowest BCUT2D eigenvalue weighted by atomic mass is 9.98. The molecule has 1 fully saturated rings. The fourth-order valence-corrected chi connectivity index (χ4v) is 2.31. The Bertz CT molecular complexity index is 451. The van der Waals surface area contributed by atoms with Crippen molar-refractivity contribution in [2.24, 2.45) is 5.92 Å². The van der Waals surface area contributed by atoms with Crippen LogP contribution in [0.2, 0.25) is 0 Å². The van der Waals surface area contributed by atoms with E-state index in [4.69, 9.17) is 5.11 Å². The highest BCUT2D eigenvalue weighted by molar-refractivity contribution is 5.70. The van der Waals surface area contributed by atoms with Gasteiger partial charge >= 0.3 is 5.97 Å². The molecule has 1 aromatic rings. The van der Waals surface area contributed by atoms with E-state index in [0.717, 1.165) is 19.0 Å². The van der Waals surface area contributed by atoms with Gasteiger partial charge in [0, 0.05) is 18.7 Å². The molecule has 5 heteroatoms. The van der Waals surface area contributed by atoms with Crippen LogP contribution in [0.15, 0.2) is 18.2 Å². The summed E-state index contributed by atoms with van der Waals surface area (Å²) in [6, 6.07) is 4.07. The van der Waals surface area contributed by atoms with Crippen LogP contribution >= 0.6 is 0 Å². The lowest BCUT2D eigenvalue weighted by molar-refractivity contribution is -0.143. The van der Waals surface area contributed by atoms with Gasteiger partial charge < -0.3 is 5.11 Å². The van der Waals surface area contributed by atoms with Crippen LogP contribution in [0.3, 0.4) is 0 Å². The number of halogens is 2. The first-order valence-electron chi connectivity index (χ1n) is 5.96. The maximum absolute atomic E-state index is 13.5. The minimum absolute atomic E-state index is 0.257. The summed E-state index contributed by atoms with van der Waals surface area (Å²) in [7, 11) is 0. The third kappa shape index (κ3) is 2.85. The van der Waals surface area contributed by atoms with Crippen LogP contribution in [0, 0.1) is 17.6 Å². The Balaban J connectivity index is 2.05. The summed E-state index contributed by atoms with van der Waals surface area (Å²) in [6.07, 6.45) is 1.42. The first-order valence-corrected chi connectivity index (χ1v) is 5.96. The summed E-state index contributed by atoms with van der Waals surface area (Å²) in [5.74, 6) is -2.93. The number of carboxylic acid groups (broad SMARTS) is 1. The first kappa shape index (κ1) is 13.0. The molecule has 0 spiro atoms. The van der Waals surface area contributed by atoms with Crippen LogP contribution in [0.1, 0.15) is 18.4 Å². The van der Waals surface area contributed by atoms with Gasteiger partial charge in [0.05, 0.1) is 5.92 Å². The fourth-order valence-electron chi connectivity index (χ4n) is 2.31. The minimum Gasteiger partial charge on any atom is -0.481 e. The predicted octanol–water partition coefficient (Wildman–Crippen LogP) is 2.26. The van der Waals surface area contributed by atoms with Crippen LogP contribution in [0.5, 0.6) is 0 Å². The molecule has 1 aromatic carbocycles. The van der Waals surface area contributed by atoms with E-state index in [1.54, 1.807) is 0 Å². The van der Waals surface area contributed by atoms with Crippen LogP contribution < -0.4 is 0 Å². The van der Waals surface area contributed by atoms with E-state index in [1.807, 2.05) is 4.90 Å². The summed E-state index contributed by atoms with van der Waals surface area (Å²) in [5.41, 5.74) is 0.279. The lowest BCUT2D eigenvalue weighted by Gasteiger charge is -2.30. The second-order valence-corrected chi connectivity index (χ2v) is 4.63. The molecule has 0 unspecified atom stereocenters. The molecule has 98 valence electrons. The van der Waals surface area contributed by atoms with Crippen LogP contribution in [0.25, 0.3) is 0 Å². The molecule has 1 atom stereocenters. The van der Waals surface area contributed by atoms with Gasteiger partial charge in [0.1, 0.15) is 0 Å². The Morgan fingerprint density at radius 2 is 2.22 bits per heavy atom. The molecule has 1 heterocycles. The Morgan fingerprint density at radius 1 is 1.44 bits per heavy atom. The van der Waals surface area contributed by atoms with Gasteiger partial charge in [-0.3, -0.25) is 9.69 Å². The van der Waals surface area contributed by atoms with Crippen LogP contribution in [0.4, 0.5) is 8.78 Å². The summed E-state index contributed by atoms with van der Waals surface area (Å²) >= 11 is 0. The smallest absolute Gasteiger partial charge is 0.307 e. The highest BCUT2D eigenvalue weighted by atomic mass is 19.2. The maximum Gasteiger partial charge on any atom is 0.307 e. The van der Waals surface area contributed by atoms with E-state index >= 15 is 0 Å². The number of piperidine rings is 1. The Morgan fingerprint density at radius 3 is 2.94 bits per heavy atom. The van der Waals surface area contributed by atoms with Gasteiger partial charge in [-0.15, -0.1) is 0 Å². The summed E-state index contributed by atoms with van der Waals surface area (Å²) in [4.78, 5) is 12.8. The van der Waals surface area contributed by atoms with Crippen LogP contribution in [-0.2, 0) is 11.3 Å². The van der Waals surface area contributed by atoms with Crippen molar-refractivity contribution in [1.29, 1.82) is 0 Å². The molecule has 0 aliphatic carbocycles. The SMILES string of the molecule is O=C(O)[C@@H]1CCCN(Cc2cccc(F)c2F)C1. The molecule has 18 heavy (non-hydrogen) atoms. The van der Waals surface area contributed by atoms with Gasteiger partial charge in [-0.2, -0.15) is 0 Å². The number of rotatable bonds is 3. The summed E-state index contributed by atoms with van der Waals surface area (Å²) in [5, 5.41) is 8.96. The number of nitrogens with zero attached hydrogens (tertiary/aromatic N) is 1. The maximum atomic E-state index is 13.5. The van der Waals surface area contributed by atoms with Gasteiger partial charge in [0.25, 0.3) is 0 Å². The minimum atomic E-state index is -0.862. The van der Waals surface area contributed by atoms with Crippen molar-refractivity contribution in [3.8, 4) is 0 Å². The van der Waals surface area contributed by atoms with Crippen molar-refractivity contribution in [2.75, 3.05) is 13.1 Å². The first-order chi connectivity index (χ1) is 8.58. The molecular weight excluding hydrogens is 240 g/mol. The molecule has 0 bridgehead atoms. The number of hydrogen-bond donors (Lipinski definition) is 1. The topological polar surface area (TPSA) is 40.5 Å². The van der Waals surface area contributed by atoms with Crippen LogP contribution in [-0.4, -0.2) is 29.1 Å². The van der Waals surface area contributed by atoms with Crippen molar-refractivity contribution in [3.05, 3.63) is 35.4 Å². The predicted molar refractivity (Wildman–Crippen MR) is 62.0 cm³/mol. The standard InChI is InChI=1S/C13H15F2NO2/c14-11-5-1-3-9(12(11)15)7-16-6-2-4-10(8-16)13(17)18/h1,3,5,10H,2,4,6-8H2,(H,17,18)/t10-/m1/s1. The Labute approximate surface area is 104 Å².